The lowest BCUT2D eigenvalue weighted by molar-refractivity contribution is 0.669. The minimum atomic E-state index is 0.898. The van der Waals surface area contributed by atoms with E-state index in [1.54, 1.807) is 0 Å². The van der Waals surface area contributed by atoms with Crippen molar-refractivity contribution in [2.75, 3.05) is 4.90 Å². The first-order valence-electron chi connectivity index (χ1n) is 16.9. The first-order chi connectivity index (χ1) is 24.3. The van der Waals surface area contributed by atoms with Crippen LogP contribution in [0, 0.1) is 0 Å². The van der Waals surface area contributed by atoms with Crippen LogP contribution in [0.2, 0.25) is 0 Å². The van der Waals surface area contributed by atoms with Gasteiger partial charge in [-0.05, 0) is 94.4 Å². The summed E-state index contributed by atoms with van der Waals surface area (Å²) in [4.78, 5) is 3.92. The molecule has 0 radical (unpaired) electrons. The highest BCUT2D eigenvalue weighted by Crippen LogP contribution is 2.47. The standard InChI is InChI=1S/C46H31NOS/c1-2-10-30(11-3-1)31-18-22-34(23-19-31)47(35-24-26-40-39-15-7-9-17-44(39)49-45(40)29-35)41-27-21-32-12-4-5-13-36(32)46(41)33-20-25-38-37-14-6-8-16-42(37)48-43(38)28-33/h1-8,10-16,18-29H,9,17H2. The molecule has 0 saturated heterocycles. The molecule has 0 spiro atoms. The van der Waals surface area contributed by atoms with E-state index in [1.807, 2.05) is 23.5 Å². The number of furan rings is 1. The van der Waals surface area contributed by atoms with Crippen LogP contribution in [0.4, 0.5) is 17.1 Å². The SMILES string of the molecule is C1=Cc2c(sc3cc(N(c4ccc(-c5ccccc5)cc4)c4ccc5ccccc5c4-c4ccc5c(c4)oc4ccccc45)ccc23)CC1. The van der Waals surface area contributed by atoms with Crippen LogP contribution in [-0.4, -0.2) is 0 Å². The van der Waals surface area contributed by atoms with E-state index in [0.29, 0.717) is 0 Å². The number of fused-ring (bicyclic) bond motifs is 7. The normalized spacial score (nSPS) is 12.7. The number of rotatable bonds is 5. The molecule has 49 heavy (non-hydrogen) atoms. The maximum absolute atomic E-state index is 6.42. The van der Waals surface area contributed by atoms with Gasteiger partial charge in [0.1, 0.15) is 11.2 Å². The third-order valence-corrected chi connectivity index (χ3v) is 11.1. The average molecular weight is 646 g/mol. The predicted octanol–water partition coefficient (Wildman–Crippen LogP) is 13.7. The number of hydrogen-bond acceptors (Lipinski definition) is 3. The Balaban J connectivity index is 1.22. The molecule has 0 unspecified atom stereocenters. The molecule has 0 atom stereocenters. The van der Waals surface area contributed by atoms with Crippen LogP contribution in [0.5, 0.6) is 0 Å². The van der Waals surface area contributed by atoms with Crippen LogP contribution in [-0.2, 0) is 6.42 Å². The number of nitrogens with zero attached hydrogens (tertiary/aromatic N) is 1. The second kappa shape index (κ2) is 11.4. The number of allylic oxidation sites excluding steroid dienone is 1. The second-order valence-corrected chi connectivity index (χ2v) is 13.9. The Morgan fingerprint density at radius 2 is 1.24 bits per heavy atom. The third kappa shape index (κ3) is 4.69. The van der Waals surface area contributed by atoms with E-state index in [2.05, 4.69) is 157 Å². The molecule has 2 nitrogen and oxygen atoms in total. The summed E-state index contributed by atoms with van der Waals surface area (Å²) in [6.45, 7) is 0. The lowest BCUT2D eigenvalue weighted by Gasteiger charge is -2.29. The van der Waals surface area contributed by atoms with Crippen LogP contribution < -0.4 is 4.90 Å². The molecule has 0 aliphatic heterocycles. The molecule has 0 saturated carbocycles. The van der Waals surface area contributed by atoms with Crippen molar-refractivity contribution in [2.24, 2.45) is 0 Å². The van der Waals surface area contributed by atoms with Crippen molar-refractivity contribution in [3.05, 3.63) is 168 Å². The molecule has 0 amide bonds. The lowest BCUT2D eigenvalue weighted by Crippen LogP contribution is -2.11. The van der Waals surface area contributed by atoms with E-state index in [4.69, 9.17) is 4.42 Å². The second-order valence-electron chi connectivity index (χ2n) is 12.8. The molecule has 1 aliphatic rings. The molecule has 0 N–H and O–H groups in total. The zero-order valence-corrected chi connectivity index (χ0v) is 27.6. The van der Waals surface area contributed by atoms with Crippen molar-refractivity contribution in [1.29, 1.82) is 0 Å². The highest BCUT2D eigenvalue weighted by Gasteiger charge is 2.22. The van der Waals surface area contributed by atoms with Gasteiger partial charge in [0.2, 0.25) is 0 Å². The van der Waals surface area contributed by atoms with Crippen LogP contribution >= 0.6 is 11.3 Å². The summed E-state index contributed by atoms with van der Waals surface area (Å²) >= 11 is 1.94. The van der Waals surface area contributed by atoms with Gasteiger partial charge in [-0.25, -0.2) is 0 Å². The zero-order valence-electron chi connectivity index (χ0n) is 26.8. The molecule has 7 aromatic carbocycles. The first kappa shape index (κ1) is 28.1. The van der Waals surface area contributed by atoms with Crippen molar-refractivity contribution >= 4 is 77.3 Å². The monoisotopic (exact) mass is 645 g/mol. The van der Waals surface area contributed by atoms with E-state index in [9.17, 15) is 0 Å². The molecule has 10 rings (SSSR count). The molecule has 3 heteroatoms. The number of thiophene rings is 1. The number of benzene rings is 7. The van der Waals surface area contributed by atoms with Crippen LogP contribution in [0.3, 0.4) is 0 Å². The van der Waals surface area contributed by atoms with E-state index >= 15 is 0 Å². The molecular weight excluding hydrogens is 615 g/mol. The molecule has 232 valence electrons. The van der Waals surface area contributed by atoms with Gasteiger partial charge in [0.15, 0.2) is 0 Å². The Morgan fingerprint density at radius 3 is 2.14 bits per heavy atom. The molecule has 2 heterocycles. The van der Waals surface area contributed by atoms with Crippen molar-refractivity contribution in [3.63, 3.8) is 0 Å². The highest BCUT2D eigenvalue weighted by molar-refractivity contribution is 7.19. The Labute approximate surface area is 288 Å². The average Bonchev–Trinajstić information content (AvgIpc) is 3.73. The lowest BCUT2D eigenvalue weighted by atomic mass is 9.94. The van der Waals surface area contributed by atoms with E-state index in [0.717, 1.165) is 57.4 Å². The number of aryl methyl sites for hydroxylation is 1. The molecule has 2 aromatic heterocycles. The van der Waals surface area contributed by atoms with Gasteiger partial charge in [-0.1, -0.05) is 115 Å². The van der Waals surface area contributed by atoms with Gasteiger partial charge in [-0.3, -0.25) is 0 Å². The highest BCUT2D eigenvalue weighted by atomic mass is 32.1. The molecule has 9 aromatic rings. The third-order valence-electron chi connectivity index (χ3n) is 9.92. The van der Waals surface area contributed by atoms with Crippen molar-refractivity contribution in [1.82, 2.24) is 0 Å². The van der Waals surface area contributed by atoms with Gasteiger partial charge >= 0.3 is 0 Å². The predicted molar refractivity (Wildman–Crippen MR) is 210 cm³/mol. The smallest absolute Gasteiger partial charge is 0.136 e. The molecule has 0 bridgehead atoms. The summed E-state index contributed by atoms with van der Waals surface area (Å²) in [6.07, 6.45) is 6.85. The summed E-state index contributed by atoms with van der Waals surface area (Å²) in [5, 5.41) is 6.03. The molecule has 0 fully saturated rings. The van der Waals surface area contributed by atoms with E-state index in [-0.39, 0.29) is 0 Å². The summed E-state index contributed by atoms with van der Waals surface area (Å²) in [7, 11) is 0. The van der Waals surface area contributed by atoms with Crippen LogP contribution in [0.25, 0.3) is 71.1 Å². The van der Waals surface area contributed by atoms with Gasteiger partial charge in [0.05, 0.1) is 5.69 Å². The largest absolute Gasteiger partial charge is 0.456 e. The van der Waals surface area contributed by atoms with Gasteiger partial charge in [-0.2, -0.15) is 0 Å². The van der Waals surface area contributed by atoms with E-state index < -0.39 is 0 Å². The fraction of sp³-hybridized carbons (Fsp3) is 0.0435. The number of para-hydroxylation sites is 1. The summed E-state index contributed by atoms with van der Waals surface area (Å²) in [5.74, 6) is 0. The van der Waals surface area contributed by atoms with Crippen molar-refractivity contribution < 1.29 is 4.42 Å². The maximum Gasteiger partial charge on any atom is 0.136 e. The quantitative estimate of drug-likeness (QED) is 0.185. The van der Waals surface area contributed by atoms with E-state index in [1.165, 1.54) is 48.0 Å². The Kier molecular flexibility index (Phi) is 6.53. The number of anilines is 3. The molecule has 1 aliphatic carbocycles. The fourth-order valence-corrected chi connectivity index (χ4v) is 8.81. The minimum Gasteiger partial charge on any atom is -0.456 e. The van der Waals surface area contributed by atoms with Gasteiger partial charge in [0.25, 0.3) is 0 Å². The maximum atomic E-state index is 6.42. The Hall–Kier alpha value is -5.90. The summed E-state index contributed by atoms with van der Waals surface area (Å²) < 4.78 is 7.75. The Morgan fingerprint density at radius 1 is 0.531 bits per heavy atom. The Bertz CT molecular complexity index is 2710. The van der Waals surface area contributed by atoms with Gasteiger partial charge in [-0.15, -0.1) is 11.3 Å². The minimum absolute atomic E-state index is 0.898. The summed E-state index contributed by atoms with van der Waals surface area (Å²) in [6, 6.07) is 54.9. The van der Waals surface area contributed by atoms with Gasteiger partial charge in [0, 0.05) is 42.7 Å². The topological polar surface area (TPSA) is 16.4 Å². The fourth-order valence-electron chi connectivity index (χ4n) is 7.57. The zero-order chi connectivity index (χ0) is 32.3. The molecular formula is C46H31NOS. The van der Waals surface area contributed by atoms with Crippen LogP contribution in [0.15, 0.2) is 162 Å². The summed E-state index contributed by atoms with van der Waals surface area (Å²) in [5.41, 5.74) is 11.3. The van der Waals surface area contributed by atoms with Crippen molar-refractivity contribution in [3.8, 4) is 22.3 Å². The van der Waals surface area contributed by atoms with Gasteiger partial charge < -0.3 is 9.32 Å². The number of hydrogen-bond donors (Lipinski definition) is 0. The van der Waals surface area contributed by atoms with Crippen molar-refractivity contribution in [2.45, 2.75) is 12.8 Å². The van der Waals surface area contributed by atoms with Crippen LogP contribution in [0.1, 0.15) is 16.9 Å². The first-order valence-corrected chi connectivity index (χ1v) is 17.7.